The Balaban J connectivity index is 1.80. The predicted molar refractivity (Wildman–Crippen MR) is 87.2 cm³/mol. The molecule has 1 amide bonds. The maximum absolute atomic E-state index is 13.4. The molecule has 1 aromatic carbocycles. The first kappa shape index (κ1) is 18.0. The van der Waals surface area contributed by atoms with Crippen molar-refractivity contribution in [2.75, 3.05) is 37.9 Å². The quantitative estimate of drug-likeness (QED) is 0.750. The number of carbonyl (C=O) groups is 1. The van der Waals surface area contributed by atoms with Gasteiger partial charge >= 0.3 is 0 Å². The first-order valence-electron chi connectivity index (χ1n) is 7.62. The molecule has 2 rings (SSSR count). The molecule has 128 valence electrons. The van der Waals surface area contributed by atoms with E-state index >= 15 is 0 Å². The summed E-state index contributed by atoms with van der Waals surface area (Å²) in [5, 5.41) is 11.7. The van der Waals surface area contributed by atoms with Crippen LogP contribution in [-0.2, 0) is 9.53 Å². The highest BCUT2D eigenvalue weighted by Gasteiger charge is 2.33. The first-order valence-corrected chi connectivity index (χ1v) is 8.77. The highest BCUT2D eigenvalue weighted by Crippen LogP contribution is 2.30. The van der Waals surface area contributed by atoms with Crippen LogP contribution in [0.25, 0.3) is 0 Å². The molecule has 1 fully saturated rings. The molecule has 0 saturated carbocycles. The van der Waals surface area contributed by atoms with Gasteiger partial charge in [-0.25, -0.2) is 4.39 Å². The SMILES string of the molecule is O=C(COc1ccccc1F)NCC1(OCCO)CCSCC1. The summed E-state index contributed by atoms with van der Waals surface area (Å²) in [5.41, 5.74) is -0.429. The Labute approximate surface area is 139 Å². The number of nitrogens with one attached hydrogen (secondary N) is 1. The molecule has 0 atom stereocenters. The lowest BCUT2D eigenvalue weighted by molar-refractivity contribution is -0.125. The molecule has 7 heteroatoms. The van der Waals surface area contributed by atoms with Crippen LogP contribution in [0, 0.1) is 5.82 Å². The topological polar surface area (TPSA) is 67.8 Å². The molecule has 1 aromatic rings. The van der Waals surface area contributed by atoms with Gasteiger partial charge in [0.1, 0.15) is 0 Å². The van der Waals surface area contributed by atoms with Gasteiger partial charge in [-0.05, 0) is 36.5 Å². The van der Waals surface area contributed by atoms with Crippen LogP contribution in [0.15, 0.2) is 24.3 Å². The lowest BCUT2D eigenvalue weighted by atomic mass is 9.96. The summed E-state index contributed by atoms with van der Waals surface area (Å²) < 4.78 is 24.4. The Hall–Kier alpha value is -1.31. The zero-order valence-electron chi connectivity index (χ0n) is 12.9. The molecule has 0 bridgehead atoms. The summed E-state index contributed by atoms with van der Waals surface area (Å²) in [5.74, 6) is 1.17. The number of rotatable bonds is 8. The summed E-state index contributed by atoms with van der Waals surface area (Å²) in [7, 11) is 0. The molecule has 23 heavy (non-hydrogen) atoms. The molecule has 0 unspecified atom stereocenters. The molecule has 0 spiro atoms. The number of benzene rings is 1. The van der Waals surface area contributed by atoms with Crippen LogP contribution >= 0.6 is 11.8 Å². The Morgan fingerprint density at radius 2 is 2.09 bits per heavy atom. The van der Waals surface area contributed by atoms with Gasteiger partial charge in [0.05, 0.1) is 18.8 Å². The number of hydrogen-bond donors (Lipinski definition) is 2. The number of ether oxygens (including phenoxy) is 2. The number of aliphatic hydroxyl groups is 1. The number of hydrogen-bond acceptors (Lipinski definition) is 5. The second-order valence-corrected chi connectivity index (χ2v) is 6.59. The molecule has 0 aromatic heterocycles. The van der Waals surface area contributed by atoms with Crippen molar-refractivity contribution < 1.29 is 23.8 Å². The van der Waals surface area contributed by atoms with Gasteiger partial charge in [0.2, 0.25) is 0 Å². The summed E-state index contributed by atoms with van der Waals surface area (Å²) in [6.07, 6.45) is 1.65. The van der Waals surface area contributed by atoms with Gasteiger partial charge < -0.3 is 19.9 Å². The van der Waals surface area contributed by atoms with Crippen LogP contribution in [0.3, 0.4) is 0 Å². The smallest absolute Gasteiger partial charge is 0.258 e. The van der Waals surface area contributed by atoms with Gasteiger partial charge in [-0.1, -0.05) is 12.1 Å². The van der Waals surface area contributed by atoms with E-state index in [1.807, 2.05) is 11.8 Å². The maximum atomic E-state index is 13.4. The monoisotopic (exact) mass is 343 g/mol. The molecular weight excluding hydrogens is 321 g/mol. The highest BCUT2D eigenvalue weighted by atomic mass is 32.2. The van der Waals surface area contributed by atoms with Crippen molar-refractivity contribution in [1.29, 1.82) is 0 Å². The van der Waals surface area contributed by atoms with Crippen LogP contribution in [-0.4, -0.2) is 54.5 Å². The average Bonchev–Trinajstić information content (AvgIpc) is 2.58. The molecule has 0 radical (unpaired) electrons. The van der Waals surface area contributed by atoms with Gasteiger partial charge in [-0.3, -0.25) is 4.79 Å². The molecule has 1 aliphatic heterocycles. The average molecular weight is 343 g/mol. The minimum Gasteiger partial charge on any atom is -0.481 e. The third-order valence-electron chi connectivity index (χ3n) is 3.71. The molecule has 2 N–H and O–H groups in total. The lowest BCUT2D eigenvalue weighted by Crippen LogP contribution is -2.48. The second-order valence-electron chi connectivity index (χ2n) is 5.36. The Kier molecular flexibility index (Phi) is 7.14. The van der Waals surface area contributed by atoms with Gasteiger partial charge in [-0.15, -0.1) is 0 Å². The summed E-state index contributed by atoms with van der Waals surface area (Å²) in [6.45, 7) is 0.338. The second kappa shape index (κ2) is 9.10. The molecular formula is C16H22FNO4S. The van der Waals surface area contributed by atoms with E-state index in [1.165, 1.54) is 12.1 Å². The van der Waals surface area contributed by atoms with Crippen LogP contribution in [0.5, 0.6) is 5.75 Å². The Morgan fingerprint density at radius 1 is 1.35 bits per heavy atom. The van der Waals surface area contributed by atoms with Crippen molar-refractivity contribution in [3.05, 3.63) is 30.1 Å². The fourth-order valence-electron chi connectivity index (χ4n) is 2.39. The minimum atomic E-state index is -0.493. The molecule has 0 aliphatic carbocycles. The minimum absolute atomic E-state index is 0.0424. The van der Waals surface area contributed by atoms with E-state index in [1.54, 1.807) is 12.1 Å². The van der Waals surface area contributed by atoms with Crippen molar-refractivity contribution in [3.63, 3.8) is 0 Å². The van der Waals surface area contributed by atoms with E-state index in [0.29, 0.717) is 6.54 Å². The number of para-hydroxylation sites is 1. The third-order valence-corrected chi connectivity index (χ3v) is 4.69. The highest BCUT2D eigenvalue weighted by molar-refractivity contribution is 7.99. The standard InChI is InChI=1S/C16H22FNO4S/c17-13-3-1-2-4-14(13)21-11-15(20)18-12-16(22-8-7-19)5-9-23-10-6-16/h1-4,19H,5-12H2,(H,18,20). The van der Waals surface area contributed by atoms with E-state index in [9.17, 15) is 9.18 Å². The third kappa shape index (κ3) is 5.67. The normalized spacial score (nSPS) is 16.8. The fraction of sp³-hybridized carbons (Fsp3) is 0.562. The van der Waals surface area contributed by atoms with Crippen molar-refractivity contribution >= 4 is 17.7 Å². The molecule has 5 nitrogen and oxygen atoms in total. The Bertz CT molecular complexity index is 509. The van der Waals surface area contributed by atoms with Crippen molar-refractivity contribution in [2.45, 2.75) is 18.4 Å². The molecule has 1 saturated heterocycles. The summed E-state index contributed by atoms with van der Waals surface area (Å²) in [6, 6.07) is 5.97. The van der Waals surface area contributed by atoms with Crippen molar-refractivity contribution in [2.24, 2.45) is 0 Å². The van der Waals surface area contributed by atoms with Crippen LogP contribution < -0.4 is 10.1 Å². The number of amides is 1. The van der Waals surface area contributed by atoms with Gasteiger partial charge in [0.15, 0.2) is 18.2 Å². The van der Waals surface area contributed by atoms with E-state index < -0.39 is 11.4 Å². The molecule has 1 heterocycles. The van der Waals surface area contributed by atoms with E-state index in [-0.39, 0.29) is 31.5 Å². The van der Waals surface area contributed by atoms with Gasteiger partial charge in [-0.2, -0.15) is 11.8 Å². The number of halogens is 1. The van der Waals surface area contributed by atoms with Gasteiger partial charge in [0, 0.05) is 6.54 Å². The zero-order chi connectivity index (χ0) is 16.5. The van der Waals surface area contributed by atoms with Crippen LogP contribution in [0.4, 0.5) is 4.39 Å². The predicted octanol–water partition coefficient (Wildman–Crippen LogP) is 1.60. The van der Waals surface area contributed by atoms with Gasteiger partial charge in [0.25, 0.3) is 5.91 Å². The number of carbonyl (C=O) groups excluding carboxylic acids is 1. The lowest BCUT2D eigenvalue weighted by Gasteiger charge is -2.37. The van der Waals surface area contributed by atoms with E-state index in [2.05, 4.69) is 5.32 Å². The van der Waals surface area contributed by atoms with E-state index in [0.717, 1.165) is 24.3 Å². The first-order chi connectivity index (χ1) is 11.2. The largest absolute Gasteiger partial charge is 0.481 e. The zero-order valence-corrected chi connectivity index (χ0v) is 13.7. The summed E-state index contributed by atoms with van der Waals surface area (Å²) >= 11 is 1.85. The van der Waals surface area contributed by atoms with E-state index in [4.69, 9.17) is 14.6 Å². The number of aliphatic hydroxyl groups excluding tert-OH is 1. The van der Waals surface area contributed by atoms with Crippen molar-refractivity contribution in [1.82, 2.24) is 5.32 Å². The Morgan fingerprint density at radius 3 is 2.78 bits per heavy atom. The van der Waals surface area contributed by atoms with Crippen molar-refractivity contribution in [3.8, 4) is 5.75 Å². The van der Waals surface area contributed by atoms with Crippen LogP contribution in [0.2, 0.25) is 0 Å². The number of thioether (sulfide) groups is 1. The summed E-state index contributed by atoms with van der Waals surface area (Å²) in [4.78, 5) is 11.9. The molecule has 1 aliphatic rings. The van der Waals surface area contributed by atoms with Crippen LogP contribution in [0.1, 0.15) is 12.8 Å². The fourth-order valence-corrected chi connectivity index (χ4v) is 3.63. The maximum Gasteiger partial charge on any atom is 0.258 e.